The lowest BCUT2D eigenvalue weighted by Gasteiger charge is -2.24. The van der Waals surface area contributed by atoms with Crippen molar-refractivity contribution >= 4 is 5.78 Å². The Morgan fingerprint density at radius 1 is 1.15 bits per heavy atom. The van der Waals surface area contributed by atoms with Crippen LogP contribution in [0.4, 0.5) is 4.39 Å². The molecule has 3 rings (SSSR count). The zero-order valence-electron chi connectivity index (χ0n) is 11.0. The molecule has 1 aliphatic heterocycles. The SMILES string of the molecule is O=C(Cc1ccccc1F)C1COc2ccccc2C1. The minimum atomic E-state index is -0.321. The fourth-order valence-electron chi connectivity index (χ4n) is 2.51. The molecule has 2 aromatic carbocycles. The van der Waals surface area contributed by atoms with Crippen LogP contribution in [0.5, 0.6) is 5.75 Å². The molecule has 0 aromatic heterocycles. The van der Waals surface area contributed by atoms with Gasteiger partial charge in [0.15, 0.2) is 0 Å². The van der Waals surface area contributed by atoms with Gasteiger partial charge in [-0.3, -0.25) is 4.79 Å². The molecule has 0 radical (unpaired) electrons. The van der Waals surface area contributed by atoms with Crippen molar-refractivity contribution in [1.82, 2.24) is 0 Å². The molecule has 1 atom stereocenters. The molecule has 0 spiro atoms. The molecular weight excluding hydrogens is 255 g/mol. The summed E-state index contributed by atoms with van der Waals surface area (Å²) in [6, 6.07) is 14.2. The van der Waals surface area contributed by atoms with Gasteiger partial charge in [-0.25, -0.2) is 4.39 Å². The van der Waals surface area contributed by atoms with Crippen molar-refractivity contribution < 1.29 is 13.9 Å². The van der Waals surface area contributed by atoms with E-state index in [-0.39, 0.29) is 23.9 Å². The number of para-hydroxylation sites is 1. The van der Waals surface area contributed by atoms with Crippen molar-refractivity contribution in [2.75, 3.05) is 6.61 Å². The normalized spacial score (nSPS) is 17.1. The highest BCUT2D eigenvalue weighted by Crippen LogP contribution is 2.27. The van der Waals surface area contributed by atoms with Crippen molar-refractivity contribution in [3.8, 4) is 5.75 Å². The van der Waals surface area contributed by atoms with Crippen LogP contribution in [0.15, 0.2) is 48.5 Å². The standard InChI is InChI=1S/C17H15FO2/c18-15-7-3-1-5-12(15)10-16(19)14-9-13-6-2-4-8-17(13)20-11-14/h1-8,14H,9-11H2. The lowest BCUT2D eigenvalue weighted by atomic mass is 9.90. The molecule has 20 heavy (non-hydrogen) atoms. The first-order chi connectivity index (χ1) is 9.74. The second-order valence-corrected chi connectivity index (χ2v) is 5.05. The van der Waals surface area contributed by atoms with E-state index in [1.807, 2.05) is 24.3 Å². The van der Waals surface area contributed by atoms with Crippen molar-refractivity contribution in [2.24, 2.45) is 5.92 Å². The number of carbonyl (C=O) groups excluding carboxylic acids is 1. The first-order valence-electron chi connectivity index (χ1n) is 6.71. The predicted molar refractivity (Wildman–Crippen MR) is 74.2 cm³/mol. The van der Waals surface area contributed by atoms with E-state index in [4.69, 9.17) is 4.74 Å². The number of ketones is 1. The highest BCUT2D eigenvalue weighted by molar-refractivity contribution is 5.84. The summed E-state index contributed by atoms with van der Waals surface area (Å²) in [5, 5.41) is 0. The van der Waals surface area contributed by atoms with Crippen molar-refractivity contribution in [3.63, 3.8) is 0 Å². The Labute approximate surface area is 117 Å². The van der Waals surface area contributed by atoms with Gasteiger partial charge in [0.2, 0.25) is 0 Å². The largest absolute Gasteiger partial charge is 0.493 e. The minimum absolute atomic E-state index is 0.0320. The third kappa shape index (κ3) is 2.57. The Kier molecular flexibility index (Phi) is 3.50. The maximum Gasteiger partial charge on any atom is 0.144 e. The van der Waals surface area contributed by atoms with Gasteiger partial charge < -0.3 is 4.74 Å². The van der Waals surface area contributed by atoms with Gasteiger partial charge in [-0.15, -0.1) is 0 Å². The highest BCUT2D eigenvalue weighted by Gasteiger charge is 2.26. The highest BCUT2D eigenvalue weighted by atomic mass is 19.1. The maximum atomic E-state index is 13.6. The predicted octanol–water partition coefficient (Wildman–Crippen LogP) is 3.19. The first-order valence-corrected chi connectivity index (χ1v) is 6.71. The van der Waals surface area contributed by atoms with E-state index in [1.165, 1.54) is 6.07 Å². The molecule has 0 N–H and O–H groups in total. The molecule has 3 heteroatoms. The molecule has 1 unspecified atom stereocenters. The third-order valence-electron chi connectivity index (χ3n) is 3.66. The van der Waals surface area contributed by atoms with E-state index in [1.54, 1.807) is 18.2 Å². The topological polar surface area (TPSA) is 26.3 Å². The van der Waals surface area contributed by atoms with Crippen molar-refractivity contribution in [1.29, 1.82) is 0 Å². The number of fused-ring (bicyclic) bond motifs is 1. The number of halogens is 1. The molecule has 102 valence electrons. The van der Waals surface area contributed by atoms with Gasteiger partial charge >= 0.3 is 0 Å². The Morgan fingerprint density at radius 3 is 2.75 bits per heavy atom. The number of hydrogen-bond donors (Lipinski definition) is 0. The van der Waals surface area contributed by atoms with Crippen LogP contribution in [0.1, 0.15) is 11.1 Å². The molecule has 0 aliphatic carbocycles. The minimum Gasteiger partial charge on any atom is -0.493 e. The summed E-state index contributed by atoms with van der Waals surface area (Å²) in [4.78, 5) is 12.3. The number of ether oxygens (including phenoxy) is 1. The van der Waals surface area contributed by atoms with Crippen LogP contribution in [0, 0.1) is 11.7 Å². The second-order valence-electron chi connectivity index (χ2n) is 5.05. The summed E-state index contributed by atoms with van der Waals surface area (Å²) in [7, 11) is 0. The molecular formula is C17H15FO2. The van der Waals surface area contributed by atoms with Crippen LogP contribution in [0.2, 0.25) is 0 Å². The van der Waals surface area contributed by atoms with Gasteiger partial charge in [-0.05, 0) is 29.7 Å². The van der Waals surface area contributed by atoms with E-state index in [2.05, 4.69) is 0 Å². The number of Topliss-reactive ketones (excluding diaryl/α,β-unsaturated/α-hetero) is 1. The average molecular weight is 270 g/mol. The number of rotatable bonds is 3. The Hall–Kier alpha value is -2.16. The van der Waals surface area contributed by atoms with Gasteiger partial charge in [0.1, 0.15) is 17.3 Å². The quantitative estimate of drug-likeness (QED) is 0.856. The van der Waals surface area contributed by atoms with E-state index in [0.29, 0.717) is 18.6 Å². The smallest absolute Gasteiger partial charge is 0.144 e. The zero-order chi connectivity index (χ0) is 13.9. The van der Waals surface area contributed by atoms with Crippen LogP contribution in [-0.2, 0) is 17.6 Å². The number of hydrogen-bond acceptors (Lipinski definition) is 2. The fraction of sp³-hybridized carbons (Fsp3) is 0.235. The van der Waals surface area contributed by atoms with E-state index in [0.717, 1.165) is 11.3 Å². The van der Waals surface area contributed by atoms with Gasteiger partial charge in [0.05, 0.1) is 12.5 Å². The van der Waals surface area contributed by atoms with Crippen molar-refractivity contribution in [2.45, 2.75) is 12.8 Å². The lowest BCUT2D eigenvalue weighted by Crippen LogP contribution is -2.29. The zero-order valence-corrected chi connectivity index (χ0v) is 11.0. The summed E-state index contributed by atoms with van der Waals surface area (Å²) >= 11 is 0. The van der Waals surface area contributed by atoms with Gasteiger partial charge in [-0.1, -0.05) is 36.4 Å². The fourth-order valence-corrected chi connectivity index (χ4v) is 2.51. The van der Waals surface area contributed by atoms with E-state index >= 15 is 0 Å². The molecule has 0 bridgehead atoms. The van der Waals surface area contributed by atoms with Crippen LogP contribution in [0.3, 0.4) is 0 Å². The van der Waals surface area contributed by atoms with Gasteiger partial charge in [0.25, 0.3) is 0 Å². The van der Waals surface area contributed by atoms with Gasteiger partial charge in [-0.2, -0.15) is 0 Å². The third-order valence-corrected chi connectivity index (χ3v) is 3.66. The Bertz CT molecular complexity index is 636. The van der Waals surface area contributed by atoms with Crippen LogP contribution >= 0.6 is 0 Å². The molecule has 0 saturated heterocycles. The van der Waals surface area contributed by atoms with Crippen LogP contribution in [0.25, 0.3) is 0 Å². The Balaban J connectivity index is 1.72. The number of carbonyl (C=O) groups is 1. The summed E-state index contributed by atoms with van der Waals surface area (Å²) in [6.07, 6.45) is 0.798. The first kappa shape index (κ1) is 12.9. The molecule has 0 saturated carbocycles. The maximum absolute atomic E-state index is 13.6. The monoisotopic (exact) mass is 270 g/mol. The summed E-state index contributed by atoms with van der Waals surface area (Å²) < 4.78 is 19.2. The van der Waals surface area contributed by atoms with Crippen molar-refractivity contribution in [3.05, 3.63) is 65.5 Å². The lowest BCUT2D eigenvalue weighted by molar-refractivity contribution is -0.123. The molecule has 2 aromatic rings. The van der Waals surface area contributed by atoms with E-state index < -0.39 is 0 Å². The molecule has 1 heterocycles. The van der Waals surface area contributed by atoms with Gasteiger partial charge in [0, 0.05) is 6.42 Å². The second kappa shape index (κ2) is 5.45. The summed E-state index contributed by atoms with van der Waals surface area (Å²) in [5.74, 6) is 0.370. The van der Waals surface area contributed by atoms with Crippen LogP contribution < -0.4 is 4.74 Å². The molecule has 1 aliphatic rings. The summed E-state index contributed by atoms with van der Waals surface area (Å²) in [5.41, 5.74) is 1.50. The summed E-state index contributed by atoms with van der Waals surface area (Å²) in [6.45, 7) is 0.379. The Morgan fingerprint density at radius 2 is 1.90 bits per heavy atom. The molecule has 0 fully saturated rings. The van der Waals surface area contributed by atoms with Crippen LogP contribution in [-0.4, -0.2) is 12.4 Å². The van der Waals surface area contributed by atoms with E-state index in [9.17, 15) is 9.18 Å². The number of benzene rings is 2. The molecule has 0 amide bonds. The average Bonchev–Trinajstić information content (AvgIpc) is 2.49. The molecule has 2 nitrogen and oxygen atoms in total.